The molecule has 4 aromatic rings. The van der Waals surface area contributed by atoms with E-state index in [-0.39, 0.29) is 34.8 Å². The summed E-state index contributed by atoms with van der Waals surface area (Å²) >= 11 is 0. The monoisotopic (exact) mass is 565 g/mol. The molecule has 0 saturated carbocycles. The van der Waals surface area contributed by atoms with Crippen molar-refractivity contribution in [1.82, 2.24) is 4.98 Å². The molecule has 0 aliphatic heterocycles. The summed E-state index contributed by atoms with van der Waals surface area (Å²) in [5, 5.41) is 0.321. The van der Waals surface area contributed by atoms with Crippen molar-refractivity contribution >= 4 is 30.9 Å². The maximum Gasteiger partial charge on any atom is 0.418 e. The third kappa shape index (κ3) is 6.69. The van der Waals surface area contributed by atoms with Crippen molar-refractivity contribution in [2.24, 2.45) is 0 Å². The smallest absolute Gasteiger partial charge is 0.418 e. The van der Waals surface area contributed by atoms with Crippen molar-refractivity contribution in [2.75, 3.05) is 11.5 Å². The normalized spacial score (nSPS) is 12.5. The van der Waals surface area contributed by atoms with Crippen LogP contribution in [-0.2, 0) is 26.1 Å². The fourth-order valence-electron chi connectivity index (χ4n) is 3.95. The first-order chi connectivity index (χ1) is 17.8. The SMILES string of the molecule is O=S(=O)(O)CCCCS(=O)(=O)c1cccc(Oc2cccc(-c3ccnc4c(C(F)(F)F)cccc34)c2)c1. The number of halogens is 3. The van der Waals surface area contributed by atoms with Gasteiger partial charge in [-0.2, -0.15) is 21.6 Å². The molecule has 0 aliphatic carbocycles. The number of ether oxygens (including phenoxy) is 1. The van der Waals surface area contributed by atoms with E-state index in [2.05, 4.69) is 4.98 Å². The molecule has 12 heteroatoms. The van der Waals surface area contributed by atoms with Crippen LogP contribution in [0.25, 0.3) is 22.0 Å². The molecule has 1 aromatic heterocycles. The van der Waals surface area contributed by atoms with Crippen molar-refractivity contribution in [1.29, 1.82) is 0 Å². The Morgan fingerprint density at radius 2 is 1.47 bits per heavy atom. The van der Waals surface area contributed by atoms with Crippen LogP contribution in [0, 0.1) is 0 Å². The zero-order chi connectivity index (χ0) is 27.6. The lowest BCUT2D eigenvalue weighted by atomic mass is 9.99. The summed E-state index contributed by atoms with van der Waals surface area (Å²) in [4.78, 5) is 3.93. The third-order valence-corrected chi connectivity index (χ3v) is 8.29. The van der Waals surface area contributed by atoms with Gasteiger partial charge in [0.15, 0.2) is 9.84 Å². The number of sulfone groups is 1. The number of para-hydroxylation sites is 1. The maximum atomic E-state index is 13.5. The molecule has 0 aliphatic rings. The minimum absolute atomic E-state index is 0.00476. The zero-order valence-corrected chi connectivity index (χ0v) is 21.4. The van der Waals surface area contributed by atoms with Gasteiger partial charge in [-0.25, -0.2) is 8.42 Å². The first kappa shape index (κ1) is 27.6. The van der Waals surface area contributed by atoms with Crippen molar-refractivity contribution in [3.8, 4) is 22.6 Å². The molecule has 1 N–H and O–H groups in total. The highest BCUT2D eigenvalue weighted by molar-refractivity contribution is 7.91. The molecule has 7 nitrogen and oxygen atoms in total. The first-order valence-corrected chi connectivity index (χ1v) is 14.6. The molecule has 4 rings (SSSR count). The summed E-state index contributed by atoms with van der Waals surface area (Å²) in [6.45, 7) is 0. The Morgan fingerprint density at radius 1 is 0.816 bits per heavy atom. The third-order valence-electron chi connectivity index (χ3n) is 5.69. The minimum atomic E-state index is -4.56. The van der Waals surface area contributed by atoms with E-state index in [9.17, 15) is 30.0 Å². The molecule has 200 valence electrons. The Labute approximate surface area is 217 Å². The number of alkyl halides is 3. The van der Waals surface area contributed by atoms with Crippen LogP contribution in [0.15, 0.2) is 83.9 Å². The van der Waals surface area contributed by atoms with E-state index in [1.54, 1.807) is 42.5 Å². The summed E-state index contributed by atoms with van der Waals surface area (Å²) < 4.78 is 102. The number of hydrogen-bond acceptors (Lipinski definition) is 6. The largest absolute Gasteiger partial charge is 0.457 e. The van der Waals surface area contributed by atoms with Gasteiger partial charge in [-0.15, -0.1) is 0 Å². The molecule has 0 saturated heterocycles. The summed E-state index contributed by atoms with van der Waals surface area (Å²) in [5.41, 5.74) is 0.100. The number of unbranched alkanes of at least 4 members (excludes halogenated alkanes) is 1. The molecule has 0 unspecified atom stereocenters. The Morgan fingerprint density at radius 3 is 2.18 bits per heavy atom. The highest BCUT2D eigenvalue weighted by atomic mass is 32.2. The fraction of sp³-hybridized carbons (Fsp3) is 0.192. The van der Waals surface area contributed by atoms with Gasteiger partial charge in [-0.3, -0.25) is 9.54 Å². The Hall–Kier alpha value is -3.48. The summed E-state index contributed by atoms with van der Waals surface area (Å²) in [5.74, 6) is -0.273. The Balaban J connectivity index is 1.58. The van der Waals surface area contributed by atoms with E-state index in [0.717, 1.165) is 6.07 Å². The van der Waals surface area contributed by atoms with E-state index in [1.165, 1.54) is 30.5 Å². The second kappa shape index (κ2) is 10.7. The number of hydrogen-bond donors (Lipinski definition) is 1. The lowest BCUT2D eigenvalue weighted by Gasteiger charge is -2.13. The number of fused-ring (bicyclic) bond motifs is 1. The van der Waals surface area contributed by atoms with Crippen molar-refractivity contribution in [2.45, 2.75) is 23.9 Å². The number of rotatable bonds is 9. The summed E-state index contributed by atoms with van der Waals surface area (Å²) in [6.07, 6.45) is -3.21. The topological polar surface area (TPSA) is 111 Å². The highest BCUT2D eigenvalue weighted by Gasteiger charge is 2.33. The van der Waals surface area contributed by atoms with Crippen molar-refractivity contribution in [3.63, 3.8) is 0 Å². The highest BCUT2D eigenvalue weighted by Crippen LogP contribution is 2.38. The lowest BCUT2D eigenvalue weighted by molar-refractivity contribution is -0.136. The molecule has 0 bridgehead atoms. The van der Waals surface area contributed by atoms with Gasteiger partial charge in [0, 0.05) is 11.6 Å². The van der Waals surface area contributed by atoms with Crippen LogP contribution in [0.4, 0.5) is 13.2 Å². The summed E-state index contributed by atoms with van der Waals surface area (Å²) in [6, 6.07) is 17.9. The van der Waals surface area contributed by atoms with E-state index >= 15 is 0 Å². The molecule has 0 radical (unpaired) electrons. The predicted molar refractivity (Wildman–Crippen MR) is 136 cm³/mol. The quantitative estimate of drug-likeness (QED) is 0.191. The molecule has 1 heterocycles. The number of aromatic nitrogens is 1. The Kier molecular flexibility index (Phi) is 7.77. The van der Waals surface area contributed by atoms with Gasteiger partial charge in [0.1, 0.15) is 11.5 Å². The van der Waals surface area contributed by atoms with Gasteiger partial charge in [0.2, 0.25) is 0 Å². The second-order valence-corrected chi connectivity index (χ2v) is 12.2. The minimum Gasteiger partial charge on any atom is -0.457 e. The van der Waals surface area contributed by atoms with Crippen LogP contribution in [0.2, 0.25) is 0 Å². The van der Waals surface area contributed by atoms with Gasteiger partial charge in [0.05, 0.1) is 27.5 Å². The molecule has 0 fully saturated rings. The van der Waals surface area contributed by atoms with Crippen LogP contribution in [0.3, 0.4) is 0 Å². The van der Waals surface area contributed by atoms with Crippen molar-refractivity contribution < 1.29 is 39.3 Å². The zero-order valence-electron chi connectivity index (χ0n) is 19.7. The van der Waals surface area contributed by atoms with Gasteiger partial charge in [-0.05, 0) is 66.4 Å². The van der Waals surface area contributed by atoms with E-state index in [1.807, 2.05) is 0 Å². The van der Waals surface area contributed by atoms with Crippen LogP contribution in [0.5, 0.6) is 11.5 Å². The van der Waals surface area contributed by atoms with Gasteiger partial charge in [-0.1, -0.05) is 30.3 Å². The van der Waals surface area contributed by atoms with Gasteiger partial charge in [0.25, 0.3) is 10.1 Å². The van der Waals surface area contributed by atoms with Crippen LogP contribution >= 0.6 is 0 Å². The van der Waals surface area contributed by atoms with Crippen LogP contribution in [0.1, 0.15) is 18.4 Å². The Bertz CT molecular complexity index is 1690. The number of nitrogens with zero attached hydrogens (tertiary/aromatic N) is 1. The average molecular weight is 566 g/mol. The fourth-order valence-corrected chi connectivity index (χ4v) is 5.92. The van der Waals surface area contributed by atoms with E-state index in [4.69, 9.17) is 9.29 Å². The lowest BCUT2D eigenvalue weighted by Crippen LogP contribution is -2.10. The standard InChI is InChI=1S/C26H22F3NO6S2/c27-26(28,29)24-11-5-10-23-22(12-13-30-25(23)24)18-6-3-7-19(16-18)36-20-8-4-9-21(17-20)37(31,32)14-1-2-15-38(33,34)35/h3-13,16-17H,1-2,14-15H2,(H,33,34,35). The van der Waals surface area contributed by atoms with Crippen molar-refractivity contribution in [3.05, 3.63) is 84.6 Å². The molecule has 0 spiro atoms. The molecule has 0 amide bonds. The molecule has 0 atom stereocenters. The van der Waals surface area contributed by atoms with Gasteiger partial charge >= 0.3 is 6.18 Å². The van der Waals surface area contributed by atoms with E-state index in [0.29, 0.717) is 22.3 Å². The van der Waals surface area contributed by atoms with Crippen LogP contribution in [-0.4, -0.2) is 37.9 Å². The molecule has 3 aromatic carbocycles. The van der Waals surface area contributed by atoms with E-state index < -0.39 is 37.4 Å². The number of benzene rings is 3. The number of pyridine rings is 1. The van der Waals surface area contributed by atoms with Gasteiger partial charge < -0.3 is 4.74 Å². The molecular formula is C26H22F3NO6S2. The summed E-state index contributed by atoms with van der Waals surface area (Å²) in [7, 11) is -7.90. The maximum absolute atomic E-state index is 13.5. The average Bonchev–Trinajstić information content (AvgIpc) is 2.85. The second-order valence-electron chi connectivity index (χ2n) is 8.47. The predicted octanol–water partition coefficient (Wildman–Crippen LogP) is 6.15. The van der Waals surface area contributed by atoms with Crippen LogP contribution < -0.4 is 4.74 Å². The molecule has 38 heavy (non-hydrogen) atoms. The molecular weight excluding hydrogens is 543 g/mol. The first-order valence-electron chi connectivity index (χ1n) is 11.3.